The van der Waals surface area contributed by atoms with Gasteiger partial charge in [0.2, 0.25) is 0 Å². The van der Waals surface area contributed by atoms with Gasteiger partial charge < -0.3 is 5.32 Å². The smallest absolute Gasteiger partial charge is 0.00804 e. The molecular formula is C3H10ClN. The highest BCUT2D eigenvalue weighted by Gasteiger charge is 1.50. The number of rotatable bonds is 1. The van der Waals surface area contributed by atoms with Crippen LogP contribution in [0.5, 0.6) is 0 Å². The van der Waals surface area contributed by atoms with Crippen molar-refractivity contribution in [2.75, 3.05) is 13.6 Å². The molecule has 0 aromatic rings. The summed E-state index contributed by atoms with van der Waals surface area (Å²) < 4.78 is 0. The molecule has 0 spiro atoms. The topological polar surface area (TPSA) is 12.0 Å². The van der Waals surface area contributed by atoms with Crippen LogP contribution in [-0.2, 0) is 0 Å². The maximum absolute atomic E-state index is 2.93. The van der Waals surface area contributed by atoms with E-state index in [0.29, 0.717) is 0 Å². The molecule has 0 bridgehead atoms. The van der Waals surface area contributed by atoms with Gasteiger partial charge in [0.1, 0.15) is 0 Å². The van der Waals surface area contributed by atoms with Gasteiger partial charge in [-0.05, 0) is 13.6 Å². The zero-order valence-corrected chi connectivity index (χ0v) is 4.43. The SMILES string of the molecule is CCNC.Cl. The van der Waals surface area contributed by atoms with Crippen molar-refractivity contribution in [3.8, 4) is 0 Å². The molecule has 0 atom stereocenters. The van der Waals surface area contributed by atoms with Crippen molar-refractivity contribution >= 4 is 12.4 Å². The van der Waals surface area contributed by atoms with Gasteiger partial charge in [0.05, 0.1) is 0 Å². The first kappa shape index (κ1) is 8.98. The average Bonchev–Trinajstić information content (AvgIpc) is 1.37. The van der Waals surface area contributed by atoms with Crippen molar-refractivity contribution < 1.29 is 0 Å². The molecule has 1 N–H and O–H groups in total. The third-order valence-electron chi connectivity index (χ3n) is 0.354. The molecule has 0 radical (unpaired) electrons. The summed E-state index contributed by atoms with van der Waals surface area (Å²) in [6.07, 6.45) is 0. The summed E-state index contributed by atoms with van der Waals surface area (Å²) in [7, 11) is 1.93. The Morgan fingerprint density at radius 2 is 1.80 bits per heavy atom. The van der Waals surface area contributed by atoms with Gasteiger partial charge in [-0.3, -0.25) is 0 Å². The van der Waals surface area contributed by atoms with Crippen molar-refractivity contribution in [2.45, 2.75) is 6.92 Å². The molecule has 0 amide bonds. The molecule has 0 aliphatic heterocycles. The number of hydrogen-bond acceptors (Lipinski definition) is 1. The summed E-state index contributed by atoms with van der Waals surface area (Å²) in [6.45, 7) is 3.14. The van der Waals surface area contributed by atoms with Crippen molar-refractivity contribution in [1.29, 1.82) is 0 Å². The molecule has 0 rings (SSSR count). The van der Waals surface area contributed by atoms with Crippen molar-refractivity contribution in [2.24, 2.45) is 0 Å². The molecular weight excluding hydrogens is 85.5 g/mol. The Kier molecular flexibility index (Phi) is 15.9. The molecule has 0 heterocycles. The normalized spacial score (nSPS) is 6.00. The Morgan fingerprint density at radius 1 is 1.60 bits per heavy atom. The van der Waals surface area contributed by atoms with Gasteiger partial charge in [0.15, 0.2) is 0 Å². The van der Waals surface area contributed by atoms with Gasteiger partial charge in [0.25, 0.3) is 0 Å². The summed E-state index contributed by atoms with van der Waals surface area (Å²) in [5.41, 5.74) is 0. The minimum atomic E-state index is 0. The number of nitrogens with one attached hydrogen (secondary N) is 1. The van der Waals surface area contributed by atoms with Crippen molar-refractivity contribution in [3.63, 3.8) is 0 Å². The molecule has 0 saturated carbocycles. The quantitative estimate of drug-likeness (QED) is 0.504. The summed E-state index contributed by atoms with van der Waals surface area (Å²) in [6, 6.07) is 0. The summed E-state index contributed by atoms with van der Waals surface area (Å²) in [5.74, 6) is 0. The minimum absolute atomic E-state index is 0. The first-order valence-electron chi connectivity index (χ1n) is 1.56. The van der Waals surface area contributed by atoms with Crippen molar-refractivity contribution in [3.05, 3.63) is 0 Å². The Bertz CT molecular complexity index is 8.85. The Morgan fingerprint density at radius 3 is 1.80 bits per heavy atom. The molecule has 0 aliphatic rings. The van der Waals surface area contributed by atoms with Gasteiger partial charge >= 0.3 is 0 Å². The van der Waals surface area contributed by atoms with Crippen LogP contribution < -0.4 is 5.32 Å². The van der Waals surface area contributed by atoms with E-state index in [4.69, 9.17) is 0 Å². The lowest BCUT2D eigenvalue weighted by molar-refractivity contribution is 0.864. The first-order valence-corrected chi connectivity index (χ1v) is 1.56. The fraction of sp³-hybridized carbons (Fsp3) is 1.00. The lowest BCUT2D eigenvalue weighted by atomic mass is 10.8. The standard InChI is InChI=1S/C3H9N.ClH/c1-3-4-2;/h4H,3H2,1-2H3;1H. The highest BCUT2D eigenvalue weighted by molar-refractivity contribution is 5.85. The molecule has 34 valence electrons. The molecule has 0 fully saturated rings. The van der Waals surface area contributed by atoms with E-state index in [9.17, 15) is 0 Å². The van der Waals surface area contributed by atoms with Gasteiger partial charge in [-0.2, -0.15) is 0 Å². The van der Waals surface area contributed by atoms with Crippen LogP contribution in [0.1, 0.15) is 6.92 Å². The molecule has 0 unspecified atom stereocenters. The lowest BCUT2D eigenvalue weighted by Gasteiger charge is -1.76. The fourth-order valence-corrected chi connectivity index (χ4v) is 0. The van der Waals surface area contributed by atoms with E-state index < -0.39 is 0 Å². The largest absolute Gasteiger partial charge is 0.320 e. The zero-order chi connectivity index (χ0) is 3.41. The monoisotopic (exact) mass is 95.1 g/mol. The van der Waals surface area contributed by atoms with Gasteiger partial charge in [0, 0.05) is 0 Å². The average molecular weight is 95.6 g/mol. The van der Waals surface area contributed by atoms with Gasteiger partial charge in [-0.25, -0.2) is 0 Å². The van der Waals surface area contributed by atoms with Gasteiger partial charge in [-0.15, -0.1) is 12.4 Å². The maximum Gasteiger partial charge on any atom is -0.00804 e. The summed E-state index contributed by atoms with van der Waals surface area (Å²) in [5, 5.41) is 2.93. The molecule has 1 nitrogen and oxygen atoms in total. The van der Waals surface area contributed by atoms with Crippen LogP contribution in [0.25, 0.3) is 0 Å². The van der Waals surface area contributed by atoms with E-state index in [-0.39, 0.29) is 12.4 Å². The number of hydrogen-bond donors (Lipinski definition) is 1. The zero-order valence-electron chi connectivity index (χ0n) is 3.62. The second-order valence-corrected chi connectivity index (χ2v) is 0.707. The molecule has 0 aromatic heterocycles. The van der Waals surface area contributed by atoms with Crippen LogP contribution in [0.4, 0.5) is 0 Å². The second kappa shape index (κ2) is 8.87. The van der Waals surface area contributed by atoms with E-state index in [1.165, 1.54) is 0 Å². The predicted molar refractivity (Wildman–Crippen MR) is 26.8 cm³/mol. The molecule has 0 saturated heterocycles. The Balaban J connectivity index is 0. The van der Waals surface area contributed by atoms with E-state index in [1.807, 2.05) is 7.05 Å². The minimum Gasteiger partial charge on any atom is -0.320 e. The van der Waals surface area contributed by atoms with E-state index in [2.05, 4.69) is 12.2 Å². The Labute approximate surface area is 39.2 Å². The van der Waals surface area contributed by atoms with Crippen LogP contribution in [0, 0.1) is 0 Å². The van der Waals surface area contributed by atoms with Crippen LogP contribution in [0.3, 0.4) is 0 Å². The molecule has 5 heavy (non-hydrogen) atoms. The van der Waals surface area contributed by atoms with Crippen LogP contribution in [0.2, 0.25) is 0 Å². The number of halogens is 1. The molecule has 0 aromatic carbocycles. The van der Waals surface area contributed by atoms with E-state index in [1.54, 1.807) is 0 Å². The third-order valence-corrected chi connectivity index (χ3v) is 0.354. The first-order chi connectivity index (χ1) is 1.91. The third kappa shape index (κ3) is 13.8. The lowest BCUT2D eigenvalue weighted by Crippen LogP contribution is -2.01. The van der Waals surface area contributed by atoms with E-state index >= 15 is 0 Å². The summed E-state index contributed by atoms with van der Waals surface area (Å²) >= 11 is 0. The van der Waals surface area contributed by atoms with Gasteiger partial charge in [-0.1, -0.05) is 6.92 Å². The van der Waals surface area contributed by atoms with Crippen molar-refractivity contribution in [1.82, 2.24) is 5.32 Å². The fourth-order valence-electron chi connectivity index (χ4n) is 0. The molecule has 0 aliphatic carbocycles. The second-order valence-electron chi connectivity index (χ2n) is 0.707. The maximum atomic E-state index is 2.93. The Hall–Kier alpha value is 0.250. The van der Waals surface area contributed by atoms with E-state index in [0.717, 1.165) is 6.54 Å². The van der Waals surface area contributed by atoms with Crippen LogP contribution >= 0.6 is 12.4 Å². The highest BCUT2D eigenvalue weighted by atomic mass is 35.5. The summed E-state index contributed by atoms with van der Waals surface area (Å²) in [4.78, 5) is 0. The predicted octanol–water partition coefficient (Wildman–Crippen LogP) is 0.647. The van der Waals surface area contributed by atoms with Crippen LogP contribution in [-0.4, -0.2) is 13.6 Å². The highest BCUT2D eigenvalue weighted by Crippen LogP contribution is 1.34. The van der Waals surface area contributed by atoms with Crippen LogP contribution in [0.15, 0.2) is 0 Å². The molecule has 2 heteroatoms.